The molecule has 1 amide bonds. The highest BCUT2D eigenvalue weighted by Gasteiger charge is 2.25. The van der Waals surface area contributed by atoms with Gasteiger partial charge in [0.05, 0.1) is 6.42 Å². The van der Waals surface area contributed by atoms with Crippen LogP contribution in [0.4, 0.5) is 5.69 Å². The van der Waals surface area contributed by atoms with Gasteiger partial charge in [-0.2, -0.15) is 12.6 Å². The molecule has 0 saturated carbocycles. The van der Waals surface area contributed by atoms with E-state index in [1.54, 1.807) is 0 Å². The number of benzene rings is 1. The molecule has 0 spiro atoms. The SMILES string of the molecule is O=C1Cc2ccccc2N1CCS. The molecule has 0 N–H and O–H groups in total. The molecule has 1 aromatic carbocycles. The lowest BCUT2D eigenvalue weighted by molar-refractivity contribution is -0.117. The highest BCUT2D eigenvalue weighted by Crippen LogP contribution is 2.27. The molecule has 0 radical (unpaired) electrons. The number of carbonyl (C=O) groups excluding carboxylic acids is 1. The molecular weight excluding hydrogens is 182 g/mol. The first kappa shape index (κ1) is 8.63. The van der Waals surface area contributed by atoms with E-state index in [1.165, 1.54) is 0 Å². The Morgan fingerprint density at radius 3 is 2.92 bits per heavy atom. The van der Waals surface area contributed by atoms with Crippen molar-refractivity contribution in [2.75, 3.05) is 17.2 Å². The van der Waals surface area contributed by atoms with Crippen LogP contribution in [-0.4, -0.2) is 18.2 Å². The Morgan fingerprint density at radius 1 is 1.38 bits per heavy atom. The fourth-order valence-corrected chi connectivity index (χ4v) is 1.86. The number of para-hydroxylation sites is 1. The normalized spacial score (nSPS) is 14.8. The zero-order chi connectivity index (χ0) is 9.26. The van der Waals surface area contributed by atoms with E-state index in [0.717, 1.165) is 11.3 Å². The van der Waals surface area contributed by atoms with Gasteiger partial charge in [-0.3, -0.25) is 4.79 Å². The summed E-state index contributed by atoms with van der Waals surface area (Å²) in [5.74, 6) is 0.898. The van der Waals surface area contributed by atoms with Gasteiger partial charge in [-0.25, -0.2) is 0 Å². The van der Waals surface area contributed by atoms with Crippen LogP contribution in [0.1, 0.15) is 5.56 Å². The second-order valence-corrected chi connectivity index (χ2v) is 3.52. The predicted molar refractivity (Wildman–Crippen MR) is 56.4 cm³/mol. The third-order valence-electron chi connectivity index (χ3n) is 2.25. The minimum atomic E-state index is 0.190. The van der Waals surface area contributed by atoms with E-state index in [9.17, 15) is 4.79 Å². The molecule has 0 fully saturated rings. The van der Waals surface area contributed by atoms with Gasteiger partial charge in [0.1, 0.15) is 0 Å². The first-order valence-electron chi connectivity index (χ1n) is 4.32. The first-order chi connectivity index (χ1) is 6.33. The van der Waals surface area contributed by atoms with Crippen LogP contribution in [0.5, 0.6) is 0 Å². The number of fused-ring (bicyclic) bond motifs is 1. The monoisotopic (exact) mass is 193 g/mol. The molecule has 0 aromatic heterocycles. The molecule has 0 atom stereocenters. The quantitative estimate of drug-likeness (QED) is 0.706. The van der Waals surface area contributed by atoms with Gasteiger partial charge in [0.25, 0.3) is 0 Å². The van der Waals surface area contributed by atoms with Crippen molar-refractivity contribution in [3.63, 3.8) is 0 Å². The van der Waals surface area contributed by atoms with E-state index in [1.807, 2.05) is 29.2 Å². The summed E-state index contributed by atoms with van der Waals surface area (Å²) >= 11 is 4.13. The molecule has 68 valence electrons. The average Bonchev–Trinajstić information content (AvgIpc) is 2.44. The summed E-state index contributed by atoms with van der Waals surface area (Å²) in [4.78, 5) is 13.3. The molecule has 2 rings (SSSR count). The molecule has 1 aliphatic rings. The van der Waals surface area contributed by atoms with Gasteiger partial charge in [-0.15, -0.1) is 0 Å². The Morgan fingerprint density at radius 2 is 2.15 bits per heavy atom. The maximum Gasteiger partial charge on any atom is 0.231 e. The van der Waals surface area contributed by atoms with E-state index < -0.39 is 0 Å². The number of nitrogens with zero attached hydrogens (tertiary/aromatic N) is 1. The minimum absolute atomic E-state index is 0.190. The maximum atomic E-state index is 11.5. The molecule has 0 bridgehead atoms. The van der Waals surface area contributed by atoms with E-state index in [0.29, 0.717) is 18.7 Å². The van der Waals surface area contributed by atoms with Crippen LogP contribution in [0.2, 0.25) is 0 Å². The van der Waals surface area contributed by atoms with Crippen LogP contribution in [0, 0.1) is 0 Å². The summed E-state index contributed by atoms with van der Waals surface area (Å²) in [5.41, 5.74) is 2.19. The highest BCUT2D eigenvalue weighted by atomic mass is 32.1. The molecule has 1 heterocycles. The second kappa shape index (κ2) is 3.42. The molecule has 0 unspecified atom stereocenters. The topological polar surface area (TPSA) is 20.3 Å². The van der Waals surface area contributed by atoms with Gasteiger partial charge in [0, 0.05) is 18.0 Å². The van der Waals surface area contributed by atoms with Gasteiger partial charge >= 0.3 is 0 Å². The largest absolute Gasteiger partial charge is 0.311 e. The Bertz CT molecular complexity index is 337. The minimum Gasteiger partial charge on any atom is -0.311 e. The Kier molecular flexibility index (Phi) is 2.27. The summed E-state index contributed by atoms with van der Waals surface area (Å²) in [5, 5.41) is 0. The number of hydrogen-bond acceptors (Lipinski definition) is 2. The molecule has 3 heteroatoms. The maximum absolute atomic E-state index is 11.5. The number of carbonyl (C=O) groups is 1. The summed E-state index contributed by atoms with van der Waals surface area (Å²) in [6.07, 6.45) is 0.546. The van der Waals surface area contributed by atoms with Crippen LogP contribution in [0.15, 0.2) is 24.3 Å². The molecule has 13 heavy (non-hydrogen) atoms. The van der Waals surface area contributed by atoms with Crippen molar-refractivity contribution < 1.29 is 4.79 Å². The Hall–Kier alpha value is -0.960. The van der Waals surface area contributed by atoms with Crippen molar-refractivity contribution >= 4 is 24.2 Å². The molecular formula is C10H11NOS. The number of anilines is 1. The fraction of sp³-hybridized carbons (Fsp3) is 0.300. The van der Waals surface area contributed by atoms with Crippen molar-refractivity contribution in [2.45, 2.75) is 6.42 Å². The van der Waals surface area contributed by atoms with E-state index in [2.05, 4.69) is 12.6 Å². The van der Waals surface area contributed by atoms with Gasteiger partial charge < -0.3 is 4.90 Å². The lowest BCUT2D eigenvalue weighted by atomic mass is 10.2. The van der Waals surface area contributed by atoms with Crippen molar-refractivity contribution in [2.24, 2.45) is 0 Å². The van der Waals surface area contributed by atoms with E-state index in [4.69, 9.17) is 0 Å². The predicted octanol–water partition coefficient (Wildman–Crippen LogP) is 1.51. The number of rotatable bonds is 2. The van der Waals surface area contributed by atoms with Crippen LogP contribution < -0.4 is 4.90 Å². The number of hydrogen-bond donors (Lipinski definition) is 1. The zero-order valence-corrected chi connectivity index (χ0v) is 8.13. The summed E-state index contributed by atoms with van der Waals surface area (Å²) < 4.78 is 0. The van der Waals surface area contributed by atoms with Gasteiger partial charge in [-0.1, -0.05) is 18.2 Å². The van der Waals surface area contributed by atoms with Crippen LogP contribution >= 0.6 is 12.6 Å². The van der Waals surface area contributed by atoms with Crippen molar-refractivity contribution in [1.29, 1.82) is 0 Å². The third kappa shape index (κ3) is 1.44. The second-order valence-electron chi connectivity index (χ2n) is 3.07. The van der Waals surface area contributed by atoms with Gasteiger partial charge in [0.15, 0.2) is 0 Å². The molecule has 0 aliphatic carbocycles. The third-order valence-corrected chi connectivity index (χ3v) is 2.45. The summed E-state index contributed by atoms with van der Waals surface area (Å²) in [6, 6.07) is 7.93. The summed E-state index contributed by atoms with van der Waals surface area (Å²) in [6.45, 7) is 0.707. The Balaban J connectivity index is 2.35. The highest BCUT2D eigenvalue weighted by molar-refractivity contribution is 7.80. The Labute approximate surface area is 83.0 Å². The zero-order valence-electron chi connectivity index (χ0n) is 7.23. The van der Waals surface area contributed by atoms with E-state index in [-0.39, 0.29) is 5.91 Å². The molecule has 2 nitrogen and oxygen atoms in total. The van der Waals surface area contributed by atoms with E-state index >= 15 is 0 Å². The summed E-state index contributed by atoms with van der Waals surface area (Å²) in [7, 11) is 0. The lowest BCUT2D eigenvalue weighted by Crippen LogP contribution is -2.28. The standard InChI is InChI=1S/C10H11NOS/c12-10-7-8-3-1-2-4-9(8)11(10)5-6-13/h1-4,13H,5-7H2. The van der Waals surface area contributed by atoms with Crippen LogP contribution in [0.3, 0.4) is 0 Å². The van der Waals surface area contributed by atoms with Crippen molar-refractivity contribution in [1.82, 2.24) is 0 Å². The van der Waals surface area contributed by atoms with Crippen molar-refractivity contribution in [3.8, 4) is 0 Å². The van der Waals surface area contributed by atoms with Crippen LogP contribution in [-0.2, 0) is 11.2 Å². The van der Waals surface area contributed by atoms with Gasteiger partial charge in [0.2, 0.25) is 5.91 Å². The molecule has 1 aliphatic heterocycles. The first-order valence-corrected chi connectivity index (χ1v) is 4.95. The number of thiol groups is 1. The van der Waals surface area contributed by atoms with Gasteiger partial charge in [-0.05, 0) is 11.6 Å². The van der Waals surface area contributed by atoms with Crippen LogP contribution in [0.25, 0.3) is 0 Å². The fourth-order valence-electron chi connectivity index (χ4n) is 1.66. The molecule has 0 saturated heterocycles. The van der Waals surface area contributed by atoms with Crippen molar-refractivity contribution in [3.05, 3.63) is 29.8 Å². The number of amides is 1. The smallest absolute Gasteiger partial charge is 0.231 e. The average molecular weight is 193 g/mol. The lowest BCUT2D eigenvalue weighted by Gasteiger charge is -2.15. The molecule has 1 aromatic rings.